The van der Waals surface area contributed by atoms with Crippen molar-refractivity contribution in [2.24, 2.45) is 5.41 Å². The molecule has 0 aliphatic heterocycles. The molecule has 2 rings (SSSR count). The van der Waals surface area contributed by atoms with E-state index in [1.807, 2.05) is 0 Å². The second-order valence-electron chi connectivity index (χ2n) is 6.23. The second kappa shape index (κ2) is 7.86. The zero-order valence-electron chi connectivity index (χ0n) is 14.8. The summed E-state index contributed by atoms with van der Waals surface area (Å²) >= 11 is 0. The Balaban J connectivity index is 2.61. The van der Waals surface area contributed by atoms with Crippen LogP contribution in [0.3, 0.4) is 0 Å². The number of carboxylic acids is 2. The Labute approximate surface area is 155 Å². The van der Waals surface area contributed by atoms with Crippen LogP contribution in [0.1, 0.15) is 24.0 Å². The summed E-state index contributed by atoms with van der Waals surface area (Å²) in [4.78, 5) is 34.5. The number of nitrogens with zero attached hydrogens (tertiary/aromatic N) is 1. The molecular formula is C19H19NO7. The van der Waals surface area contributed by atoms with Crippen molar-refractivity contribution in [3.63, 3.8) is 0 Å². The molecule has 0 aromatic heterocycles. The molecule has 8 nitrogen and oxygen atoms in total. The monoisotopic (exact) mass is 373 g/mol. The van der Waals surface area contributed by atoms with Crippen molar-refractivity contribution in [3.05, 3.63) is 69.8 Å². The average molecular weight is 373 g/mol. The fourth-order valence-electron chi connectivity index (χ4n) is 2.96. The zero-order chi connectivity index (χ0) is 20.2. The van der Waals surface area contributed by atoms with Crippen molar-refractivity contribution in [1.82, 2.24) is 0 Å². The van der Waals surface area contributed by atoms with E-state index in [1.54, 1.807) is 30.3 Å². The minimum atomic E-state index is -2.18. The molecule has 0 saturated heterocycles. The number of carbonyl (C=O) groups is 2. The number of hydrogen-bond acceptors (Lipinski definition) is 5. The lowest BCUT2D eigenvalue weighted by molar-refractivity contribution is -0.385. The number of methoxy groups -OCH3 is 1. The Bertz CT molecular complexity index is 847. The van der Waals surface area contributed by atoms with Gasteiger partial charge in [-0.3, -0.25) is 19.7 Å². The molecular weight excluding hydrogens is 354 g/mol. The van der Waals surface area contributed by atoms with Crippen molar-refractivity contribution < 1.29 is 29.5 Å². The number of aliphatic carboxylic acids is 2. The summed E-state index contributed by atoms with van der Waals surface area (Å²) < 4.78 is 5.08. The molecule has 2 aromatic rings. The Morgan fingerprint density at radius 1 is 1.11 bits per heavy atom. The first-order valence-corrected chi connectivity index (χ1v) is 8.04. The fourth-order valence-corrected chi connectivity index (χ4v) is 2.96. The third kappa shape index (κ3) is 3.89. The van der Waals surface area contributed by atoms with Gasteiger partial charge in [0.15, 0.2) is 5.41 Å². The van der Waals surface area contributed by atoms with Crippen LogP contribution < -0.4 is 4.74 Å². The van der Waals surface area contributed by atoms with Gasteiger partial charge in [-0.15, -0.1) is 0 Å². The third-order valence-corrected chi connectivity index (χ3v) is 4.72. The van der Waals surface area contributed by atoms with Crippen LogP contribution in [0.5, 0.6) is 5.75 Å². The molecule has 0 fully saturated rings. The number of nitro groups is 1. The SMILES string of the molecule is COc1ccc(C(Cc2ccccc2[N+](=O)[O-])C(C)(C(=O)O)C(=O)O)cc1. The summed E-state index contributed by atoms with van der Waals surface area (Å²) in [6, 6.07) is 12.2. The first-order chi connectivity index (χ1) is 12.7. The molecule has 0 aliphatic rings. The van der Waals surface area contributed by atoms with E-state index < -0.39 is 28.2 Å². The maximum absolute atomic E-state index is 11.9. The number of ether oxygens (including phenoxy) is 1. The maximum Gasteiger partial charge on any atom is 0.321 e. The predicted octanol–water partition coefficient (Wildman–Crippen LogP) is 3.11. The van der Waals surface area contributed by atoms with Gasteiger partial charge in [0.05, 0.1) is 12.0 Å². The van der Waals surface area contributed by atoms with Gasteiger partial charge in [0.2, 0.25) is 0 Å². The van der Waals surface area contributed by atoms with Crippen LogP contribution in [0, 0.1) is 15.5 Å². The number of benzene rings is 2. The summed E-state index contributed by atoms with van der Waals surface area (Å²) in [6.45, 7) is 1.11. The highest BCUT2D eigenvalue weighted by Gasteiger charge is 2.49. The average Bonchev–Trinajstić information content (AvgIpc) is 2.65. The van der Waals surface area contributed by atoms with Gasteiger partial charge in [0.1, 0.15) is 5.75 Å². The van der Waals surface area contributed by atoms with Gasteiger partial charge in [-0.05, 0) is 31.0 Å². The molecule has 0 amide bonds. The smallest absolute Gasteiger partial charge is 0.321 e. The minimum Gasteiger partial charge on any atom is -0.497 e. The number of nitro benzene ring substituents is 1. The third-order valence-electron chi connectivity index (χ3n) is 4.72. The van der Waals surface area contributed by atoms with E-state index in [0.717, 1.165) is 6.92 Å². The van der Waals surface area contributed by atoms with E-state index in [4.69, 9.17) is 4.74 Å². The molecule has 0 bridgehead atoms. The van der Waals surface area contributed by atoms with Crippen LogP contribution in [-0.2, 0) is 16.0 Å². The molecule has 0 radical (unpaired) electrons. The van der Waals surface area contributed by atoms with E-state index in [2.05, 4.69) is 0 Å². The van der Waals surface area contributed by atoms with E-state index >= 15 is 0 Å². The molecule has 0 heterocycles. The number of hydrogen-bond donors (Lipinski definition) is 2. The Morgan fingerprint density at radius 2 is 1.67 bits per heavy atom. The van der Waals surface area contributed by atoms with E-state index in [0.29, 0.717) is 11.3 Å². The number of para-hydroxylation sites is 1. The van der Waals surface area contributed by atoms with Gasteiger partial charge in [-0.25, -0.2) is 0 Å². The summed E-state index contributed by atoms with van der Waals surface area (Å²) in [5.74, 6) is -3.56. The van der Waals surface area contributed by atoms with E-state index in [1.165, 1.54) is 25.3 Å². The highest BCUT2D eigenvalue weighted by Crippen LogP contribution is 2.41. The van der Waals surface area contributed by atoms with Gasteiger partial charge in [0, 0.05) is 17.5 Å². The highest BCUT2D eigenvalue weighted by atomic mass is 16.6. The summed E-state index contributed by atoms with van der Waals surface area (Å²) in [5, 5.41) is 30.6. The number of carboxylic acid groups (broad SMARTS) is 2. The van der Waals surface area contributed by atoms with Gasteiger partial charge in [-0.1, -0.05) is 30.3 Å². The van der Waals surface area contributed by atoms with Crippen LogP contribution in [0.2, 0.25) is 0 Å². The largest absolute Gasteiger partial charge is 0.497 e. The lowest BCUT2D eigenvalue weighted by atomic mass is 9.70. The van der Waals surface area contributed by atoms with Gasteiger partial charge in [0.25, 0.3) is 5.69 Å². The topological polar surface area (TPSA) is 127 Å². The van der Waals surface area contributed by atoms with Crippen LogP contribution in [0.15, 0.2) is 48.5 Å². The van der Waals surface area contributed by atoms with Crippen molar-refractivity contribution in [3.8, 4) is 5.75 Å². The normalized spacial score (nSPS) is 12.2. The quantitative estimate of drug-likeness (QED) is 0.413. The van der Waals surface area contributed by atoms with Crippen LogP contribution >= 0.6 is 0 Å². The lowest BCUT2D eigenvalue weighted by Crippen LogP contribution is -2.42. The molecule has 27 heavy (non-hydrogen) atoms. The standard InChI is InChI=1S/C19H19NO7/c1-19(17(21)22,18(23)24)15(12-7-9-14(27-2)10-8-12)11-13-5-3-4-6-16(13)20(25)26/h3-10,15H,11H2,1-2H3,(H,21,22)(H,23,24). The van der Waals surface area contributed by atoms with Gasteiger partial charge in [-0.2, -0.15) is 0 Å². The summed E-state index contributed by atoms with van der Waals surface area (Å²) in [6.07, 6.45) is -0.126. The molecule has 0 spiro atoms. The molecule has 2 N–H and O–H groups in total. The van der Waals surface area contributed by atoms with Gasteiger partial charge < -0.3 is 14.9 Å². The van der Waals surface area contributed by atoms with E-state index in [9.17, 15) is 29.9 Å². The highest BCUT2D eigenvalue weighted by molar-refractivity contribution is 5.99. The Morgan fingerprint density at radius 3 is 2.15 bits per heavy atom. The van der Waals surface area contributed by atoms with Crippen molar-refractivity contribution in [1.29, 1.82) is 0 Å². The molecule has 1 unspecified atom stereocenters. The second-order valence-corrected chi connectivity index (χ2v) is 6.23. The van der Waals surface area contributed by atoms with Crippen molar-refractivity contribution in [2.75, 3.05) is 7.11 Å². The molecule has 0 aliphatic carbocycles. The summed E-state index contributed by atoms with van der Waals surface area (Å²) in [5.41, 5.74) is -1.68. The molecule has 1 atom stereocenters. The first-order valence-electron chi connectivity index (χ1n) is 8.04. The molecule has 142 valence electrons. The minimum absolute atomic E-state index is 0.126. The predicted molar refractivity (Wildman–Crippen MR) is 95.9 cm³/mol. The number of rotatable bonds is 8. The van der Waals surface area contributed by atoms with Crippen LogP contribution in [-0.4, -0.2) is 34.2 Å². The Hall–Kier alpha value is -3.42. The zero-order valence-corrected chi connectivity index (χ0v) is 14.8. The van der Waals surface area contributed by atoms with E-state index in [-0.39, 0.29) is 17.7 Å². The van der Waals surface area contributed by atoms with Crippen molar-refractivity contribution >= 4 is 17.6 Å². The first kappa shape index (κ1) is 19.9. The maximum atomic E-state index is 11.9. The van der Waals surface area contributed by atoms with Crippen LogP contribution in [0.4, 0.5) is 5.69 Å². The van der Waals surface area contributed by atoms with Crippen LogP contribution in [0.25, 0.3) is 0 Å². The van der Waals surface area contributed by atoms with Gasteiger partial charge >= 0.3 is 11.9 Å². The van der Waals surface area contributed by atoms with Crippen molar-refractivity contribution in [2.45, 2.75) is 19.3 Å². The fraction of sp³-hybridized carbons (Fsp3) is 0.263. The molecule has 2 aromatic carbocycles. The molecule has 8 heteroatoms. The summed E-state index contributed by atoms with van der Waals surface area (Å²) in [7, 11) is 1.47. The Kier molecular flexibility index (Phi) is 5.79. The lowest BCUT2D eigenvalue weighted by Gasteiger charge is -2.30. The molecule has 0 saturated carbocycles.